The molecular weight excluding hydrogens is 474 g/mol. The largest absolute Gasteiger partial charge is 0.352 e. The van der Waals surface area contributed by atoms with E-state index >= 15 is 0 Å². The van der Waals surface area contributed by atoms with E-state index in [0.717, 1.165) is 33.3 Å². The van der Waals surface area contributed by atoms with Crippen LogP contribution in [0, 0.1) is 6.92 Å². The van der Waals surface area contributed by atoms with Crippen molar-refractivity contribution in [2.45, 2.75) is 31.1 Å². The Bertz CT molecular complexity index is 1200. The molecule has 4 rings (SSSR count). The molecule has 0 saturated carbocycles. The minimum absolute atomic E-state index is 0.102. The van der Waals surface area contributed by atoms with Crippen LogP contribution in [0.15, 0.2) is 40.6 Å². The highest BCUT2D eigenvalue weighted by Gasteiger charge is 2.28. The van der Waals surface area contributed by atoms with Crippen molar-refractivity contribution in [3.05, 3.63) is 56.2 Å². The third kappa shape index (κ3) is 5.01. The molecule has 1 aliphatic heterocycles. The second-order valence-corrected chi connectivity index (χ2v) is 11.9. The Labute approximate surface area is 194 Å². The van der Waals surface area contributed by atoms with Crippen molar-refractivity contribution in [2.75, 3.05) is 19.6 Å². The van der Waals surface area contributed by atoms with Gasteiger partial charge in [-0.25, -0.2) is 13.4 Å². The minimum Gasteiger partial charge on any atom is -0.352 e. The normalized spacial score (nSPS) is 14.8. The fraction of sp³-hybridized carbons (Fsp3) is 0.333. The summed E-state index contributed by atoms with van der Waals surface area (Å²) in [4.78, 5) is 19.5. The van der Waals surface area contributed by atoms with Gasteiger partial charge in [-0.3, -0.25) is 4.79 Å². The van der Waals surface area contributed by atoms with Crippen LogP contribution in [0.1, 0.15) is 33.1 Å². The van der Waals surface area contributed by atoms with Gasteiger partial charge in [-0.2, -0.15) is 4.31 Å². The Morgan fingerprint density at radius 2 is 2.00 bits per heavy atom. The summed E-state index contributed by atoms with van der Waals surface area (Å²) in [6.07, 6.45) is 2.38. The molecular formula is C21H22ClN3O3S3. The monoisotopic (exact) mass is 495 g/mol. The van der Waals surface area contributed by atoms with Crippen molar-refractivity contribution in [3.8, 4) is 10.6 Å². The average molecular weight is 496 g/mol. The molecule has 0 radical (unpaired) electrons. The number of hydrogen-bond donors (Lipinski definition) is 1. The Balaban J connectivity index is 1.40. The van der Waals surface area contributed by atoms with Gasteiger partial charge in [0.15, 0.2) is 0 Å². The first-order chi connectivity index (χ1) is 14.8. The van der Waals surface area contributed by atoms with Crippen molar-refractivity contribution < 1.29 is 13.2 Å². The molecule has 0 bridgehead atoms. The first-order valence-corrected chi connectivity index (χ1v) is 13.4. The predicted octanol–water partition coefficient (Wildman–Crippen LogP) is 4.59. The summed E-state index contributed by atoms with van der Waals surface area (Å²) in [7, 11) is -3.61. The van der Waals surface area contributed by atoms with Crippen LogP contribution >= 0.6 is 34.3 Å². The van der Waals surface area contributed by atoms with E-state index in [-0.39, 0.29) is 21.4 Å². The first kappa shape index (κ1) is 22.4. The lowest BCUT2D eigenvalue weighted by Gasteiger charge is -2.16. The van der Waals surface area contributed by atoms with Crippen LogP contribution in [0.3, 0.4) is 0 Å². The van der Waals surface area contributed by atoms with Gasteiger partial charge >= 0.3 is 0 Å². The number of halogens is 1. The number of carbonyl (C=O) groups is 1. The van der Waals surface area contributed by atoms with Gasteiger partial charge < -0.3 is 5.32 Å². The molecule has 3 heterocycles. The van der Waals surface area contributed by atoms with E-state index in [9.17, 15) is 13.2 Å². The summed E-state index contributed by atoms with van der Waals surface area (Å²) in [5.74, 6) is -0.379. The van der Waals surface area contributed by atoms with E-state index in [1.807, 2.05) is 24.4 Å². The van der Waals surface area contributed by atoms with Crippen LogP contribution in [0.5, 0.6) is 0 Å². The third-order valence-corrected chi connectivity index (χ3v) is 9.24. The molecule has 0 atom stereocenters. The highest BCUT2D eigenvalue weighted by Crippen LogP contribution is 2.29. The molecule has 164 valence electrons. The van der Waals surface area contributed by atoms with Crippen molar-refractivity contribution in [3.63, 3.8) is 0 Å². The number of aromatic nitrogens is 1. The molecule has 0 spiro atoms. The SMILES string of the molecule is Cc1nc(-c2ccc(CCNC(=O)c3cc(S(=O)(=O)N4CCCC4)ccc3Cl)s2)cs1. The summed E-state index contributed by atoms with van der Waals surface area (Å²) in [6, 6.07) is 8.39. The zero-order chi connectivity index (χ0) is 22.0. The number of hydrogen-bond acceptors (Lipinski definition) is 6. The number of nitrogens with one attached hydrogen (secondary N) is 1. The Morgan fingerprint density at radius 3 is 2.71 bits per heavy atom. The van der Waals surface area contributed by atoms with Gasteiger partial charge in [-0.15, -0.1) is 22.7 Å². The highest BCUT2D eigenvalue weighted by molar-refractivity contribution is 7.89. The van der Waals surface area contributed by atoms with E-state index in [2.05, 4.69) is 10.3 Å². The number of thiophene rings is 1. The molecule has 1 saturated heterocycles. The molecule has 1 fully saturated rings. The number of amides is 1. The van der Waals surface area contributed by atoms with E-state index in [1.165, 1.54) is 22.5 Å². The topological polar surface area (TPSA) is 79.4 Å². The summed E-state index contributed by atoms with van der Waals surface area (Å²) in [6.45, 7) is 3.43. The molecule has 1 aliphatic rings. The van der Waals surface area contributed by atoms with E-state index in [4.69, 9.17) is 11.6 Å². The van der Waals surface area contributed by atoms with Crippen LogP contribution in [-0.4, -0.2) is 43.2 Å². The lowest BCUT2D eigenvalue weighted by molar-refractivity contribution is 0.0954. The van der Waals surface area contributed by atoms with Crippen LogP contribution < -0.4 is 5.32 Å². The first-order valence-electron chi connectivity index (χ1n) is 9.94. The maximum absolute atomic E-state index is 12.8. The second-order valence-electron chi connectivity index (χ2n) is 7.28. The van der Waals surface area contributed by atoms with Crippen molar-refractivity contribution >= 4 is 50.2 Å². The highest BCUT2D eigenvalue weighted by atomic mass is 35.5. The number of nitrogens with zero attached hydrogens (tertiary/aromatic N) is 2. The molecule has 1 amide bonds. The van der Waals surface area contributed by atoms with Gasteiger partial charge in [0.05, 0.1) is 31.1 Å². The lowest BCUT2D eigenvalue weighted by Crippen LogP contribution is -2.29. The molecule has 0 aliphatic carbocycles. The van der Waals surface area contributed by atoms with Crippen LogP contribution in [0.25, 0.3) is 10.6 Å². The van der Waals surface area contributed by atoms with Gasteiger partial charge in [0.25, 0.3) is 5.91 Å². The maximum Gasteiger partial charge on any atom is 0.252 e. The molecule has 31 heavy (non-hydrogen) atoms. The Kier molecular flexibility index (Phi) is 6.78. The predicted molar refractivity (Wildman–Crippen MR) is 126 cm³/mol. The number of benzene rings is 1. The van der Waals surface area contributed by atoms with Crippen LogP contribution in [0.2, 0.25) is 5.02 Å². The summed E-state index contributed by atoms with van der Waals surface area (Å²) >= 11 is 9.47. The second kappa shape index (κ2) is 9.38. The van der Waals surface area contributed by atoms with Gasteiger partial charge in [0.2, 0.25) is 10.0 Å². The molecule has 1 aromatic carbocycles. The molecule has 10 heteroatoms. The quantitative estimate of drug-likeness (QED) is 0.520. The van der Waals surface area contributed by atoms with Crippen molar-refractivity contribution in [1.29, 1.82) is 0 Å². The smallest absolute Gasteiger partial charge is 0.252 e. The van der Waals surface area contributed by atoms with Gasteiger partial charge in [0.1, 0.15) is 0 Å². The zero-order valence-corrected chi connectivity index (χ0v) is 20.1. The molecule has 2 aromatic heterocycles. The molecule has 3 aromatic rings. The number of rotatable bonds is 7. The maximum atomic E-state index is 12.8. The number of carbonyl (C=O) groups excluding carboxylic acids is 1. The van der Waals surface area contributed by atoms with Crippen LogP contribution in [0.4, 0.5) is 0 Å². The molecule has 6 nitrogen and oxygen atoms in total. The van der Waals surface area contributed by atoms with E-state index < -0.39 is 10.0 Å². The lowest BCUT2D eigenvalue weighted by atomic mass is 10.2. The number of aryl methyl sites for hydroxylation is 1. The number of sulfonamides is 1. The van der Waals surface area contributed by atoms with Crippen molar-refractivity contribution in [2.24, 2.45) is 0 Å². The minimum atomic E-state index is -3.61. The number of thiazole rings is 1. The average Bonchev–Trinajstić information content (AvgIpc) is 3.50. The Morgan fingerprint density at radius 1 is 1.23 bits per heavy atom. The fourth-order valence-electron chi connectivity index (χ4n) is 3.44. The van der Waals surface area contributed by atoms with E-state index in [0.29, 0.717) is 26.1 Å². The molecule has 0 unspecified atom stereocenters. The van der Waals surface area contributed by atoms with Crippen LogP contribution in [-0.2, 0) is 16.4 Å². The van der Waals surface area contributed by atoms with Gasteiger partial charge in [-0.05, 0) is 56.5 Å². The van der Waals surface area contributed by atoms with Gasteiger partial charge in [-0.1, -0.05) is 11.6 Å². The molecule has 1 N–H and O–H groups in total. The Hall–Kier alpha value is -1.78. The summed E-state index contributed by atoms with van der Waals surface area (Å²) < 4.78 is 27.0. The standard InChI is InChI=1S/C21H22ClN3O3S3/c1-14-24-19(13-29-14)20-7-4-15(30-20)8-9-23-21(26)17-12-16(5-6-18(17)22)31(27,28)25-10-2-3-11-25/h4-7,12-13H,2-3,8-11H2,1H3,(H,23,26). The fourth-order valence-corrected chi connectivity index (χ4v) is 6.84. The summed E-state index contributed by atoms with van der Waals surface area (Å²) in [5.41, 5.74) is 1.15. The van der Waals surface area contributed by atoms with Gasteiger partial charge in [0, 0.05) is 29.9 Å². The van der Waals surface area contributed by atoms with E-state index in [1.54, 1.807) is 22.7 Å². The summed E-state index contributed by atoms with van der Waals surface area (Å²) in [5, 5.41) is 6.15. The third-order valence-electron chi connectivity index (χ3n) is 5.08. The zero-order valence-electron chi connectivity index (χ0n) is 16.9. The van der Waals surface area contributed by atoms with Crippen molar-refractivity contribution in [1.82, 2.24) is 14.6 Å².